The summed E-state index contributed by atoms with van der Waals surface area (Å²) in [5.41, 5.74) is 3.67. The van der Waals surface area contributed by atoms with Gasteiger partial charge in [-0.2, -0.15) is 0 Å². The molecule has 1 atom stereocenters. The van der Waals surface area contributed by atoms with E-state index in [-0.39, 0.29) is 6.04 Å². The molecule has 7 nitrogen and oxygen atoms in total. The van der Waals surface area contributed by atoms with Gasteiger partial charge in [0, 0.05) is 42.8 Å². The minimum atomic E-state index is 0.00743. The Kier molecular flexibility index (Phi) is 6.37. The van der Waals surface area contributed by atoms with Gasteiger partial charge in [-0.1, -0.05) is 42.0 Å². The number of piperazine rings is 1. The molecule has 0 bridgehead atoms. The van der Waals surface area contributed by atoms with Crippen molar-refractivity contribution in [3.05, 3.63) is 87.9 Å². The summed E-state index contributed by atoms with van der Waals surface area (Å²) in [6.45, 7) is 6.51. The zero-order chi connectivity index (χ0) is 22.6. The predicted octanol–water partition coefficient (Wildman–Crippen LogP) is 4.01. The second-order valence-corrected chi connectivity index (χ2v) is 9.34. The van der Waals surface area contributed by atoms with Crippen molar-refractivity contribution < 1.29 is 4.74 Å². The fraction of sp³-hybridized carbons (Fsp3) is 0.320. The Labute approximate surface area is 198 Å². The number of tetrazole rings is 1. The van der Waals surface area contributed by atoms with Crippen molar-refractivity contribution in [1.29, 1.82) is 0 Å². The highest BCUT2D eigenvalue weighted by Crippen LogP contribution is 2.30. The maximum Gasteiger partial charge on any atom is 0.173 e. The van der Waals surface area contributed by atoms with Gasteiger partial charge in [-0.15, -0.1) is 16.4 Å². The third-order valence-corrected chi connectivity index (χ3v) is 7.04. The Morgan fingerprint density at radius 3 is 2.55 bits per heavy atom. The van der Waals surface area contributed by atoms with Crippen LogP contribution in [0.5, 0.6) is 5.75 Å². The van der Waals surface area contributed by atoms with Gasteiger partial charge in [0.1, 0.15) is 5.75 Å². The van der Waals surface area contributed by atoms with Crippen LogP contribution < -0.4 is 9.64 Å². The van der Waals surface area contributed by atoms with Gasteiger partial charge in [0.05, 0.1) is 19.7 Å². The monoisotopic (exact) mass is 460 g/mol. The highest BCUT2D eigenvalue weighted by atomic mass is 32.1. The number of hydrogen-bond donors (Lipinski definition) is 0. The topological polar surface area (TPSA) is 59.3 Å². The molecule has 1 aliphatic heterocycles. The van der Waals surface area contributed by atoms with E-state index in [9.17, 15) is 0 Å². The molecule has 0 N–H and O–H groups in total. The lowest BCUT2D eigenvalue weighted by Gasteiger charge is -2.40. The quantitative estimate of drug-likeness (QED) is 0.415. The molecule has 1 aliphatic rings. The van der Waals surface area contributed by atoms with Gasteiger partial charge in [0.15, 0.2) is 5.82 Å². The highest BCUT2D eigenvalue weighted by Gasteiger charge is 2.31. The summed E-state index contributed by atoms with van der Waals surface area (Å²) in [5, 5.41) is 15.0. The maximum absolute atomic E-state index is 5.42. The molecule has 170 valence electrons. The average molecular weight is 461 g/mol. The zero-order valence-electron chi connectivity index (χ0n) is 19.0. The number of methoxy groups -OCH3 is 1. The van der Waals surface area contributed by atoms with E-state index in [1.165, 1.54) is 21.7 Å². The van der Waals surface area contributed by atoms with Crippen molar-refractivity contribution in [2.75, 3.05) is 38.2 Å². The summed E-state index contributed by atoms with van der Waals surface area (Å²) < 4.78 is 7.37. The zero-order valence-corrected chi connectivity index (χ0v) is 19.8. The van der Waals surface area contributed by atoms with Crippen molar-refractivity contribution in [3.8, 4) is 5.75 Å². The number of nitrogens with zero attached hydrogens (tertiary/aromatic N) is 6. The smallest absolute Gasteiger partial charge is 0.173 e. The van der Waals surface area contributed by atoms with Gasteiger partial charge in [0.25, 0.3) is 0 Å². The van der Waals surface area contributed by atoms with Crippen molar-refractivity contribution in [2.24, 2.45) is 0 Å². The SMILES string of the molecule is COc1cccc(N2CCN([C@@H](c3ccc(C)cc3)c3nnnn3Cc3cccs3)CC2)c1. The molecule has 2 aromatic carbocycles. The van der Waals surface area contributed by atoms with Gasteiger partial charge in [0.2, 0.25) is 0 Å². The number of hydrogen-bond acceptors (Lipinski definition) is 7. The van der Waals surface area contributed by atoms with E-state index < -0.39 is 0 Å². The number of rotatable bonds is 7. The van der Waals surface area contributed by atoms with E-state index >= 15 is 0 Å². The van der Waals surface area contributed by atoms with Crippen LogP contribution in [-0.2, 0) is 6.54 Å². The minimum absolute atomic E-state index is 0.00743. The lowest BCUT2D eigenvalue weighted by molar-refractivity contribution is 0.201. The number of aryl methyl sites for hydroxylation is 1. The van der Waals surface area contributed by atoms with E-state index in [0.717, 1.165) is 37.8 Å². The van der Waals surface area contributed by atoms with Crippen LogP contribution >= 0.6 is 11.3 Å². The molecule has 4 aromatic rings. The molecule has 0 radical (unpaired) electrons. The van der Waals surface area contributed by atoms with Crippen molar-refractivity contribution in [3.63, 3.8) is 0 Å². The van der Waals surface area contributed by atoms with Crippen LogP contribution in [0.4, 0.5) is 5.69 Å². The largest absolute Gasteiger partial charge is 0.497 e. The molecular weight excluding hydrogens is 432 g/mol. The molecule has 1 saturated heterocycles. The van der Waals surface area contributed by atoms with Crippen LogP contribution in [0.3, 0.4) is 0 Å². The average Bonchev–Trinajstić information content (AvgIpc) is 3.54. The Morgan fingerprint density at radius 1 is 1.00 bits per heavy atom. The van der Waals surface area contributed by atoms with Crippen molar-refractivity contribution in [1.82, 2.24) is 25.1 Å². The molecule has 0 aliphatic carbocycles. The molecule has 3 heterocycles. The van der Waals surface area contributed by atoms with Crippen LogP contribution in [0, 0.1) is 6.92 Å². The van der Waals surface area contributed by atoms with E-state index in [1.807, 2.05) is 16.8 Å². The van der Waals surface area contributed by atoms with Gasteiger partial charge >= 0.3 is 0 Å². The van der Waals surface area contributed by atoms with Crippen LogP contribution in [-0.4, -0.2) is 58.4 Å². The molecule has 0 spiro atoms. The predicted molar refractivity (Wildman–Crippen MR) is 131 cm³/mol. The molecule has 8 heteroatoms. The van der Waals surface area contributed by atoms with Gasteiger partial charge < -0.3 is 9.64 Å². The number of anilines is 1. The Balaban J connectivity index is 1.41. The number of ether oxygens (including phenoxy) is 1. The van der Waals surface area contributed by atoms with Crippen LogP contribution in [0.2, 0.25) is 0 Å². The first-order valence-corrected chi connectivity index (χ1v) is 12.1. The molecule has 0 amide bonds. The number of aromatic nitrogens is 4. The Bertz CT molecular complexity index is 1170. The summed E-state index contributed by atoms with van der Waals surface area (Å²) in [6.07, 6.45) is 0. The van der Waals surface area contributed by atoms with E-state index in [1.54, 1.807) is 18.4 Å². The van der Waals surface area contributed by atoms with Crippen LogP contribution in [0.15, 0.2) is 66.0 Å². The third kappa shape index (κ3) is 4.77. The summed E-state index contributed by atoms with van der Waals surface area (Å²) in [7, 11) is 1.71. The normalized spacial score (nSPS) is 15.5. The van der Waals surface area contributed by atoms with Crippen LogP contribution in [0.25, 0.3) is 0 Å². The van der Waals surface area contributed by atoms with E-state index in [2.05, 4.69) is 86.2 Å². The molecule has 5 rings (SSSR count). The lowest BCUT2D eigenvalue weighted by atomic mass is 10.0. The van der Waals surface area contributed by atoms with Crippen molar-refractivity contribution in [2.45, 2.75) is 19.5 Å². The highest BCUT2D eigenvalue weighted by molar-refractivity contribution is 7.09. The third-order valence-electron chi connectivity index (χ3n) is 6.18. The first kappa shape index (κ1) is 21.6. The Hall–Kier alpha value is -3.23. The summed E-state index contributed by atoms with van der Waals surface area (Å²) in [6, 6.07) is 21.2. The standard InChI is InChI=1S/C25H28N6OS/c1-19-8-10-20(11-9-19)24(25-26-27-28-31(25)18-23-7-4-16-33-23)30-14-12-29(13-15-30)21-5-3-6-22(17-21)32-2/h3-11,16-17,24H,12-15,18H2,1-2H3/t24-/m0/s1. The summed E-state index contributed by atoms with van der Waals surface area (Å²) >= 11 is 1.73. The van der Waals surface area contributed by atoms with Gasteiger partial charge in [-0.25, -0.2) is 4.68 Å². The fourth-order valence-corrected chi connectivity index (χ4v) is 5.07. The van der Waals surface area contributed by atoms with E-state index in [4.69, 9.17) is 4.74 Å². The second kappa shape index (κ2) is 9.72. The van der Waals surface area contributed by atoms with Crippen molar-refractivity contribution >= 4 is 17.0 Å². The van der Waals surface area contributed by atoms with Crippen LogP contribution in [0.1, 0.15) is 27.9 Å². The number of thiophene rings is 1. The molecule has 0 saturated carbocycles. The first-order chi connectivity index (χ1) is 16.2. The number of benzene rings is 2. The van der Waals surface area contributed by atoms with E-state index in [0.29, 0.717) is 6.54 Å². The molecular formula is C25H28N6OS. The second-order valence-electron chi connectivity index (χ2n) is 8.31. The molecule has 0 unspecified atom stereocenters. The lowest BCUT2D eigenvalue weighted by Crippen LogP contribution is -2.48. The first-order valence-electron chi connectivity index (χ1n) is 11.2. The molecule has 33 heavy (non-hydrogen) atoms. The summed E-state index contributed by atoms with van der Waals surface area (Å²) in [4.78, 5) is 6.16. The fourth-order valence-electron chi connectivity index (χ4n) is 4.39. The minimum Gasteiger partial charge on any atom is -0.497 e. The molecule has 2 aromatic heterocycles. The molecule has 1 fully saturated rings. The van der Waals surface area contributed by atoms with Gasteiger partial charge in [-0.3, -0.25) is 4.90 Å². The Morgan fingerprint density at radius 2 is 1.82 bits per heavy atom. The van der Waals surface area contributed by atoms with Gasteiger partial charge in [-0.05, 0) is 46.5 Å². The maximum atomic E-state index is 5.42. The summed E-state index contributed by atoms with van der Waals surface area (Å²) in [5.74, 6) is 1.78.